The minimum absolute atomic E-state index is 0.00597. The average molecular weight is 273 g/mol. The highest BCUT2D eigenvalue weighted by molar-refractivity contribution is 6.32. The quantitative estimate of drug-likeness (QED) is 0.716. The molecule has 0 aliphatic heterocycles. The van der Waals surface area contributed by atoms with Gasteiger partial charge in [0.1, 0.15) is 11.6 Å². The van der Waals surface area contributed by atoms with Gasteiger partial charge in [0.25, 0.3) is 5.56 Å². The van der Waals surface area contributed by atoms with Gasteiger partial charge in [0.05, 0.1) is 15.9 Å². The van der Waals surface area contributed by atoms with Crippen LogP contribution in [0.15, 0.2) is 47.3 Å². The van der Waals surface area contributed by atoms with Gasteiger partial charge in [0.2, 0.25) is 0 Å². The lowest BCUT2D eigenvalue weighted by molar-refractivity contribution is 0.475. The third-order valence-corrected chi connectivity index (χ3v) is 3.14. The number of para-hydroxylation sites is 1. The van der Waals surface area contributed by atoms with Crippen LogP contribution in [0.1, 0.15) is 0 Å². The number of nitrogens with zero attached hydrogens (tertiary/aromatic N) is 1. The molecule has 0 spiro atoms. The Morgan fingerprint density at radius 1 is 1.16 bits per heavy atom. The standard InChI is InChI=1S/C14H9ClN2O2/c15-10-7-8(5-6-12(10)18)13-16-11-4-2-1-3-9(11)14(19)17-13/h1-7,18H,(H,16,17,19). The summed E-state index contributed by atoms with van der Waals surface area (Å²) >= 11 is 5.85. The number of phenols is 1. The molecule has 1 aromatic heterocycles. The second kappa shape index (κ2) is 4.40. The van der Waals surface area contributed by atoms with Crippen molar-refractivity contribution in [2.75, 3.05) is 0 Å². The highest BCUT2D eigenvalue weighted by Crippen LogP contribution is 2.27. The molecule has 19 heavy (non-hydrogen) atoms. The van der Waals surface area contributed by atoms with E-state index in [1.165, 1.54) is 6.07 Å². The van der Waals surface area contributed by atoms with Crippen molar-refractivity contribution in [3.63, 3.8) is 0 Å². The van der Waals surface area contributed by atoms with Crippen LogP contribution in [0.5, 0.6) is 5.75 Å². The topological polar surface area (TPSA) is 66.0 Å². The van der Waals surface area contributed by atoms with E-state index in [0.717, 1.165) is 0 Å². The first kappa shape index (κ1) is 11.7. The van der Waals surface area contributed by atoms with E-state index in [9.17, 15) is 9.90 Å². The van der Waals surface area contributed by atoms with Gasteiger partial charge in [-0.05, 0) is 30.3 Å². The molecule has 0 radical (unpaired) electrons. The van der Waals surface area contributed by atoms with Gasteiger partial charge in [-0.1, -0.05) is 23.7 Å². The van der Waals surface area contributed by atoms with Gasteiger partial charge in [-0.25, -0.2) is 4.98 Å². The minimum atomic E-state index is -0.204. The molecule has 1 heterocycles. The Morgan fingerprint density at radius 2 is 1.95 bits per heavy atom. The average Bonchev–Trinajstić information content (AvgIpc) is 2.42. The molecule has 94 valence electrons. The van der Waals surface area contributed by atoms with Crippen LogP contribution in [0.25, 0.3) is 22.3 Å². The number of H-pyrrole nitrogens is 1. The third-order valence-electron chi connectivity index (χ3n) is 2.83. The summed E-state index contributed by atoms with van der Waals surface area (Å²) in [5, 5.41) is 10.1. The zero-order valence-corrected chi connectivity index (χ0v) is 10.5. The first-order valence-electron chi connectivity index (χ1n) is 5.63. The zero-order chi connectivity index (χ0) is 13.4. The number of rotatable bonds is 1. The van der Waals surface area contributed by atoms with Gasteiger partial charge >= 0.3 is 0 Å². The van der Waals surface area contributed by atoms with Crippen molar-refractivity contribution >= 4 is 22.5 Å². The summed E-state index contributed by atoms with van der Waals surface area (Å²) in [5.41, 5.74) is 1.06. The fraction of sp³-hybridized carbons (Fsp3) is 0. The molecule has 0 atom stereocenters. The lowest BCUT2D eigenvalue weighted by atomic mass is 10.2. The molecule has 0 saturated carbocycles. The summed E-state index contributed by atoms with van der Waals surface area (Å²) in [6.45, 7) is 0. The monoisotopic (exact) mass is 272 g/mol. The van der Waals surface area contributed by atoms with Crippen molar-refractivity contribution in [2.24, 2.45) is 0 Å². The number of benzene rings is 2. The van der Waals surface area contributed by atoms with Crippen LogP contribution in [0.4, 0.5) is 0 Å². The highest BCUT2D eigenvalue weighted by atomic mass is 35.5. The summed E-state index contributed by atoms with van der Waals surface area (Å²) in [6.07, 6.45) is 0. The van der Waals surface area contributed by atoms with Gasteiger partial charge in [0.15, 0.2) is 0 Å². The summed E-state index contributed by atoms with van der Waals surface area (Å²) in [6, 6.07) is 11.8. The molecular weight excluding hydrogens is 264 g/mol. The summed E-state index contributed by atoms with van der Waals surface area (Å²) in [4.78, 5) is 19.0. The van der Waals surface area contributed by atoms with Crippen LogP contribution in [0.2, 0.25) is 5.02 Å². The van der Waals surface area contributed by atoms with E-state index in [-0.39, 0.29) is 16.3 Å². The Morgan fingerprint density at radius 3 is 2.74 bits per heavy atom. The van der Waals surface area contributed by atoms with Crippen LogP contribution in [0, 0.1) is 0 Å². The molecule has 3 rings (SSSR count). The largest absolute Gasteiger partial charge is 0.506 e. The van der Waals surface area contributed by atoms with Gasteiger partial charge in [0, 0.05) is 5.56 Å². The fourth-order valence-corrected chi connectivity index (χ4v) is 2.06. The molecule has 2 N–H and O–H groups in total. The number of halogens is 1. The normalized spacial score (nSPS) is 10.8. The number of aromatic nitrogens is 2. The summed E-state index contributed by atoms with van der Waals surface area (Å²) in [7, 11) is 0. The molecule has 2 aromatic carbocycles. The Bertz CT molecular complexity index is 827. The molecular formula is C14H9ClN2O2. The predicted molar refractivity (Wildman–Crippen MR) is 74.5 cm³/mol. The van der Waals surface area contributed by atoms with E-state index < -0.39 is 0 Å². The van der Waals surface area contributed by atoms with Gasteiger partial charge < -0.3 is 10.1 Å². The minimum Gasteiger partial charge on any atom is -0.506 e. The second-order valence-corrected chi connectivity index (χ2v) is 4.51. The van der Waals surface area contributed by atoms with Crippen molar-refractivity contribution < 1.29 is 5.11 Å². The number of nitrogens with one attached hydrogen (secondary N) is 1. The second-order valence-electron chi connectivity index (χ2n) is 4.10. The SMILES string of the molecule is O=c1[nH]c(-c2ccc(O)c(Cl)c2)nc2ccccc12. The molecule has 3 aromatic rings. The van der Waals surface area contributed by atoms with Crippen molar-refractivity contribution in [1.82, 2.24) is 9.97 Å². The van der Waals surface area contributed by atoms with E-state index >= 15 is 0 Å². The first-order chi connectivity index (χ1) is 9.15. The van der Waals surface area contributed by atoms with Gasteiger partial charge in [-0.3, -0.25) is 4.79 Å². The number of hydrogen-bond acceptors (Lipinski definition) is 3. The van der Waals surface area contributed by atoms with E-state index in [1.54, 1.807) is 30.3 Å². The highest BCUT2D eigenvalue weighted by Gasteiger charge is 2.07. The Labute approximate surface area is 113 Å². The van der Waals surface area contributed by atoms with Crippen LogP contribution < -0.4 is 5.56 Å². The molecule has 5 heteroatoms. The molecule has 0 amide bonds. The number of hydrogen-bond donors (Lipinski definition) is 2. The predicted octanol–water partition coefficient (Wildman–Crippen LogP) is 2.95. The molecule has 0 bridgehead atoms. The number of aromatic hydroxyl groups is 1. The summed E-state index contributed by atoms with van der Waals surface area (Å²) in [5.74, 6) is 0.416. The Kier molecular flexibility index (Phi) is 2.72. The molecule has 0 fully saturated rings. The maximum absolute atomic E-state index is 11.9. The maximum atomic E-state index is 11.9. The van der Waals surface area contributed by atoms with Crippen LogP contribution in [0.3, 0.4) is 0 Å². The fourth-order valence-electron chi connectivity index (χ4n) is 1.88. The van der Waals surface area contributed by atoms with E-state index in [1.807, 2.05) is 6.07 Å². The molecule has 0 unspecified atom stereocenters. The summed E-state index contributed by atoms with van der Waals surface area (Å²) < 4.78 is 0. The van der Waals surface area contributed by atoms with Crippen molar-refractivity contribution in [3.8, 4) is 17.1 Å². The number of fused-ring (bicyclic) bond motifs is 1. The lowest BCUT2D eigenvalue weighted by Gasteiger charge is -2.04. The molecule has 4 nitrogen and oxygen atoms in total. The molecule has 0 saturated heterocycles. The molecule has 0 aliphatic rings. The van der Waals surface area contributed by atoms with Crippen molar-refractivity contribution in [1.29, 1.82) is 0 Å². The van der Waals surface area contributed by atoms with Crippen LogP contribution in [-0.2, 0) is 0 Å². The van der Waals surface area contributed by atoms with Crippen molar-refractivity contribution in [3.05, 3.63) is 57.8 Å². The number of phenolic OH excluding ortho intramolecular Hbond substituents is 1. The Balaban J connectivity index is 2.25. The van der Waals surface area contributed by atoms with Crippen LogP contribution >= 0.6 is 11.6 Å². The van der Waals surface area contributed by atoms with Crippen LogP contribution in [-0.4, -0.2) is 15.1 Å². The lowest BCUT2D eigenvalue weighted by Crippen LogP contribution is -2.09. The van der Waals surface area contributed by atoms with Gasteiger partial charge in [-0.2, -0.15) is 0 Å². The maximum Gasteiger partial charge on any atom is 0.259 e. The van der Waals surface area contributed by atoms with Crippen molar-refractivity contribution in [2.45, 2.75) is 0 Å². The van der Waals surface area contributed by atoms with Gasteiger partial charge in [-0.15, -0.1) is 0 Å². The zero-order valence-electron chi connectivity index (χ0n) is 9.72. The van der Waals surface area contributed by atoms with E-state index in [4.69, 9.17) is 11.6 Å². The third kappa shape index (κ3) is 2.06. The Hall–Kier alpha value is -2.33. The molecule has 0 aliphatic carbocycles. The smallest absolute Gasteiger partial charge is 0.259 e. The first-order valence-corrected chi connectivity index (χ1v) is 6.01. The number of aromatic amines is 1. The van der Waals surface area contributed by atoms with E-state index in [2.05, 4.69) is 9.97 Å². The van der Waals surface area contributed by atoms with E-state index in [0.29, 0.717) is 22.3 Å².